The fourth-order valence-corrected chi connectivity index (χ4v) is 3.52. The summed E-state index contributed by atoms with van der Waals surface area (Å²) < 4.78 is 13.0. The summed E-state index contributed by atoms with van der Waals surface area (Å²) >= 11 is 0. The standard InChI is InChI=1S/C18H22N4O3/c1-13(14-4-5-16-17(9-14)25-8-7-24-16)18(23)21-6-2-3-15(10-21)22-12-19-11-20-22/h4-5,9,11-13,15H,2-3,6-8,10H2,1H3/t13-,15-/m1/s1. The van der Waals surface area contributed by atoms with Crippen molar-refractivity contribution in [1.29, 1.82) is 0 Å². The monoisotopic (exact) mass is 342 g/mol. The molecule has 0 bridgehead atoms. The number of nitrogens with zero attached hydrogens (tertiary/aromatic N) is 4. The van der Waals surface area contributed by atoms with Gasteiger partial charge in [-0.1, -0.05) is 6.07 Å². The number of carbonyl (C=O) groups excluding carboxylic acids is 1. The van der Waals surface area contributed by atoms with Crippen LogP contribution in [0, 0.1) is 0 Å². The van der Waals surface area contributed by atoms with Gasteiger partial charge in [0.05, 0.1) is 12.0 Å². The van der Waals surface area contributed by atoms with Gasteiger partial charge < -0.3 is 14.4 Å². The second kappa shape index (κ2) is 6.74. The van der Waals surface area contributed by atoms with E-state index in [-0.39, 0.29) is 17.9 Å². The number of fused-ring (bicyclic) bond motifs is 1. The van der Waals surface area contributed by atoms with E-state index < -0.39 is 0 Å². The van der Waals surface area contributed by atoms with E-state index in [4.69, 9.17) is 9.47 Å². The number of piperidine rings is 1. The molecule has 1 fully saturated rings. The molecule has 1 aromatic carbocycles. The number of ether oxygens (including phenoxy) is 2. The Morgan fingerprint density at radius 3 is 2.92 bits per heavy atom. The fraction of sp³-hybridized carbons (Fsp3) is 0.500. The topological polar surface area (TPSA) is 69.5 Å². The smallest absolute Gasteiger partial charge is 0.229 e. The lowest BCUT2D eigenvalue weighted by atomic mass is 9.97. The van der Waals surface area contributed by atoms with Gasteiger partial charge in [-0.2, -0.15) is 5.10 Å². The van der Waals surface area contributed by atoms with Crippen molar-refractivity contribution in [2.75, 3.05) is 26.3 Å². The zero-order valence-electron chi connectivity index (χ0n) is 14.3. The first kappa shape index (κ1) is 15.9. The lowest BCUT2D eigenvalue weighted by Gasteiger charge is -2.34. The van der Waals surface area contributed by atoms with Crippen molar-refractivity contribution < 1.29 is 14.3 Å². The molecule has 0 N–H and O–H groups in total. The molecule has 7 nitrogen and oxygen atoms in total. The first-order valence-electron chi connectivity index (χ1n) is 8.75. The first-order chi connectivity index (χ1) is 12.2. The van der Waals surface area contributed by atoms with E-state index in [2.05, 4.69) is 10.1 Å². The number of hydrogen-bond acceptors (Lipinski definition) is 5. The van der Waals surface area contributed by atoms with Gasteiger partial charge in [-0.05, 0) is 37.5 Å². The Morgan fingerprint density at radius 1 is 1.28 bits per heavy atom. The van der Waals surface area contributed by atoms with Crippen LogP contribution < -0.4 is 9.47 Å². The third kappa shape index (κ3) is 3.18. The Bertz CT molecular complexity index is 747. The molecular weight excluding hydrogens is 320 g/mol. The molecule has 1 amide bonds. The predicted octanol–water partition coefficient (Wildman–Crippen LogP) is 2.02. The summed E-state index contributed by atoms with van der Waals surface area (Å²) in [7, 11) is 0. The Kier molecular flexibility index (Phi) is 4.29. The molecule has 2 aliphatic rings. The number of benzene rings is 1. The zero-order chi connectivity index (χ0) is 17.2. The predicted molar refractivity (Wildman–Crippen MR) is 90.7 cm³/mol. The van der Waals surface area contributed by atoms with E-state index in [1.54, 1.807) is 12.7 Å². The number of aromatic nitrogens is 3. The van der Waals surface area contributed by atoms with Gasteiger partial charge in [0.2, 0.25) is 5.91 Å². The van der Waals surface area contributed by atoms with Crippen LogP contribution in [0.3, 0.4) is 0 Å². The van der Waals surface area contributed by atoms with E-state index in [0.29, 0.717) is 19.8 Å². The lowest BCUT2D eigenvalue weighted by molar-refractivity contribution is -0.134. The molecule has 132 valence electrons. The minimum atomic E-state index is -0.217. The van der Waals surface area contributed by atoms with E-state index in [1.165, 1.54) is 0 Å². The number of hydrogen-bond donors (Lipinski definition) is 0. The molecule has 3 heterocycles. The van der Waals surface area contributed by atoms with E-state index in [0.717, 1.165) is 36.4 Å². The van der Waals surface area contributed by atoms with Gasteiger partial charge in [0.15, 0.2) is 11.5 Å². The lowest BCUT2D eigenvalue weighted by Crippen LogP contribution is -2.42. The van der Waals surface area contributed by atoms with Crippen LogP contribution in [0.25, 0.3) is 0 Å². The third-order valence-electron chi connectivity index (χ3n) is 4.96. The molecule has 25 heavy (non-hydrogen) atoms. The second-order valence-corrected chi connectivity index (χ2v) is 6.58. The largest absolute Gasteiger partial charge is 0.486 e. The summed E-state index contributed by atoms with van der Waals surface area (Å²) in [6, 6.07) is 5.97. The fourth-order valence-electron chi connectivity index (χ4n) is 3.52. The van der Waals surface area contributed by atoms with Crippen LogP contribution in [0.5, 0.6) is 11.5 Å². The third-order valence-corrected chi connectivity index (χ3v) is 4.96. The van der Waals surface area contributed by atoms with Gasteiger partial charge in [0.1, 0.15) is 25.9 Å². The van der Waals surface area contributed by atoms with Crippen molar-refractivity contribution in [1.82, 2.24) is 19.7 Å². The number of amides is 1. The maximum absolute atomic E-state index is 13.0. The molecular formula is C18H22N4O3. The highest BCUT2D eigenvalue weighted by molar-refractivity contribution is 5.83. The van der Waals surface area contributed by atoms with Crippen LogP contribution in [0.15, 0.2) is 30.9 Å². The highest BCUT2D eigenvalue weighted by atomic mass is 16.6. The van der Waals surface area contributed by atoms with Crippen molar-refractivity contribution in [3.8, 4) is 11.5 Å². The Balaban J connectivity index is 1.48. The molecule has 1 saturated heterocycles. The molecule has 2 aliphatic heterocycles. The van der Waals surface area contributed by atoms with Crippen LogP contribution in [0.2, 0.25) is 0 Å². The molecule has 2 atom stereocenters. The second-order valence-electron chi connectivity index (χ2n) is 6.58. The van der Waals surface area contributed by atoms with Gasteiger partial charge in [0, 0.05) is 13.1 Å². The molecule has 0 spiro atoms. The van der Waals surface area contributed by atoms with E-state index >= 15 is 0 Å². The molecule has 2 aromatic rings. The molecule has 0 radical (unpaired) electrons. The van der Waals surface area contributed by atoms with Gasteiger partial charge in [-0.3, -0.25) is 4.79 Å². The van der Waals surface area contributed by atoms with Gasteiger partial charge in [0.25, 0.3) is 0 Å². The minimum Gasteiger partial charge on any atom is -0.486 e. The molecule has 0 saturated carbocycles. The van der Waals surface area contributed by atoms with Crippen LogP contribution >= 0.6 is 0 Å². The average Bonchev–Trinajstić information content (AvgIpc) is 3.21. The van der Waals surface area contributed by atoms with Crippen LogP contribution in [0.4, 0.5) is 0 Å². The molecule has 0 aliphatic carbocycles. The normalized spacial score (nSPS) is 21.0. The first-order valence-corrected chi connectivity index (χ1v) is 8.75. The summed E-state index contributed by atoms with van der Waals surface area (Å²) in [6.07, 6.45) is 5.26. The van der Waals surface area contributed by atoms with Crippen molar-refractivity contribution in [3.05, 3.63) is 36.4 Å². The quantitative estimate of drug-likeness (QED) is 0.853. The molecule has 0 unspecified atom stereocenters. The molecule has 7 heteroatoms. The Labute approximate surface area is 146 Å². The van der Waals surface area contributed by atoms with Crippen molar-refractivity contribution in [2.45, 2.75) is 31.7 Å². The Hall–Kier alpha value is -2.57. The summed E-state index contributed by atoms with van der Waals surface area (Å²) in [6.45, 7) is 4.53. The summed E-state index contributed by atoms with van der Waals surface area (Å²) in [5.41, 5.74) is 0.956. The Morgan fingerprint density at radius 2 is 2.12 bits per heavy atom. The SMILES string of the molecule is C[C@@H](C(=O)N1CCC[C@@H](n2cncn2)C1)c1ccc2c(c1)OCCO2. The number of carbonyl (C=O) groups is 1. The molecule has 4 rings (SSSR count). The maximum Gasteiger partial charge on any atom is 0.229 e. The van der Waals surface area contributed by atoms with E-state index in [1.807, 2.05) is 34.7 Å². The van der Waals surface area contributed by atoms with Gasteiger partial charge in [-0.25, -0.2) is 9.67 Å². The van der Waals surface area contributed by atoms with Crippen molar-refractivity contribution in [2.24, 2.45) is 0 Å². The molecule has 1 aromatic heterocycles. The summed E-state index contributed by atoms with van der Waals surface area (Å²) in [4.78, 5) is 18.9. The van der Waals surface area contributed by atoms with Crippen LogP contribution in [0.1, 0.15) is 37.3 Å². The zero-order valence-corrected chi connectivity index (χ0v) is 14.3. The number of likely N-dealkylation sites (tertiary alicyclic amines) is 1. The summed E-state index contributed by atoms with van der Waals surface area (Å²) in [5, 5.41) is 4.22. The maximum atomic E-state index is 13.0. The average molecular weight is 342 g/mol. The van der Waals surface area contributed by atoms with Crippen molar-refractivity contribution >= 4 is 5.91 Å². The van der Waals surface area contributed by atoms with Crippen LogP contribution in [-0.2, 0) is 4.79 Å². The summed E-state index contributed by atoms with van der Waals surface area (Å²) in [5.74, 6) is 1.40. The minimum absolute atomic E-state index is 0.140. The van der Waals surface area contributed by atoms with Gasteiger partial charge in [-0.15, -0.1) is 0 Å². The number of rotatable bonds is 3. The highest BCUT2D eigenvalue weighted by Gasteiger charge is 2.29. The van der Waals surface area contributed by atoms with Crippen LogP contribution in [-0.4, -0.2) is 51.9 Å². The highest BCUT2D eigenvalue weighted by Crippen LogP contribution is 2.34. The van der Waals surface area contributed by atoms with Crippen molar-refractivity contribution in [3.63, 3.8) is 0 Å². The van der Waals surface area contributed by atoms with E-state index in [9.17, 15) is 4.79 Å². The van der Waals surface area contributed by atoms with Gasteiger partial charge >= 0.3 is 0 Å².